The molecule has 2 rings (SSSR count). The maximum absolute atomic E-state index is 11.0. The Hall–Kier alpha value is -1.10. The summed E-state index contributed by atoms with van der Waals surface area (Å²) in [6.07, 6.45) is 2.98. The van der Waals surface area contributed by atoms with Crippen LogP contribution in [0.5, 0.6) is 5.75 Å². The molecule has 1 aliphatic heterocycles. The topological polar surface area (TPSA) is 35.2 Å². The van der Waals surface area contributed by atoms with Crippen LogP contribution < -0.4 is 14.5 Å². The number of unbranched alkanes of at least 4 members (excludes halogenated alkanes) is 1. The van der Waals surface area contributed by atoms with Crippen LogP contribution in [0.4, 0.5) is 0 Å². The van der Waals surface area contributed by atoms with E-state index in [1.807, 2.05) is 0 Å². The third-order valence-electron chi connectivity index (χ3n) is 4.09. The van der Waals surface area contributed by atoms with Gasteiger partial charge in [0.2, 0.25) is 0 Å². The largest absolute Gasteiger partial charge is 0.493 e. The van der Waals surface area contributed by atoms with Crippen molar-refractivity contribution in [2.75, 3.05) is 46.4 Å². The smallest absolute Gasteiger partial charge is 0.153 e. The maximum atomic E-state index is 11.0. The second kappa shape index (κ2) is 8.37. The first-order valence-electron chi connectivity index (χ1n) is 7.71. The Labute approximate surface area is 131 Å². The van der Waals surface area contributed by atoms with Gasteiger partial charge in [0.15, 0.2) is 6.29 Å². The number of nitrogens with one attached hydrogen (secondary N) is 2. The van der Waals surface area contributed by atoms with Crippen LogP contribution in [0.15, 0.2) is 18.2 Å². The zero-order chi connectivity index (χ0) is 15.1. The Morgan fingerprint density at radius 3 is 2.71 bits per heavy atom. The van der Waals surface area contributed by atoms with Crippen molar-refractivity contribution >= 4 is 17.9 Å². The van der Waals surface area contributed by atoms with E-state index >= 15 is 0 Å². The summed E-state index contributed by atoms with van der Waals surface area (Å²) in [5.74, 6) is 0.630. The Kier molecular flexibility index (Phi) is 6.49. The summed E-state index contributed by atoms with van der Waals surface area (Å²) in [6.45, 7) is 6.98. The standard InChI is InChI=1S/C16H23ClN2O2/c1-18-7-9-19(10-8-18)6-2-3-11-21-16-5-4-15(17)12-14(16)13-20/h4-5,12-13H,2-3,6-11H2,1H3/p+2. The molecule has 5 heteroatoms. The minimum atomic E-state index is 0.523. The van der Waals surface area contributed by atoms with E-state index in [0.29, 0.717) is 22.9 Å². The Balaban J connectivity index is 1.65. The summed E-state index contributed by atoms with van der Waals surface area (Å²) in [7, 11) is 2.27. The van der Waals surface area contributed by atoms with Crippen molar-refractivity contribution in [1.82, 2.24) is 0 Å². The SMILES string of the molecule is C[NH+]1CC[NH+](CCCCOc2ccc(Cl)cc2C=O)CC1. The summed E-state index contributed by atoms with van der Waals surface area (Å²) in [4.78, 5) is 14.3. The molecular formula is C16H25ClN2O2+2. The molecule has 0 radical (unpaired) electrons. The predicted octanol–water partition coefficient (Wildman–Crippen LogP) is -0.275. The van der Waals surface area contributed by atoms with Crippen LogP contribution in [-0.4, -0.2) is 52.7 Å². The molecule has 116 valence electrons. The van der Waals surface area contributed by atoms with Crippen LogP contribution in [0.2, 0.25) is 5.02 Å². The monoisotopic (exact) mass is 312 g/mol. The molecule has 0 unspecified atom stereocenters. The van der Waals surface area contributed by atoms with E-state index in [-0.39, 0.29) is 0 Å². The van der Waals surface area contributed by atoms with Gasteiger partial charge in [-0.1, -0.05) is 11.6 Å². The minimum absolute atomic E-state index is 0.523. The van der Waals surface area contributed by atoms with Crippen LogP contribution in [0, 0.1) is 0 Å². The summed E-state index contributed by atoms with van der Waals surface area (Å²) in [6, 6.07) is 5.15. The van der Waals surface area contributed by atoms with Gasteiger partial charge in [0.05, 0.1) is 25.8 Å². The molecule has 0 bridgehead atoms. The number of halogens is 1. The highest BCUT2D eigenvalue weighted by Crippen LogP contribution is 2.21. The van der Waals surface area contributed by atoms with Crippen molar-refractivity contribution in [1.29, 1.82) is 0 Å². The van der Waals surface area contributed by atoms with Crippen molar-refractivity contribution in [3.05, 3.63) is 28.8 Å². The number of piperazine rings is 1. The molecular weight excluding hydrogens is 288 g/mol. The van der Waals surface area contributed by atoms with Gasteiger partial charge in [-0.05, 0) is 31.0 Å². The predicted molar refractivity (Wildman–Crippen MR) is 83.8 cm³/mol. The first-order chi connectivity index (χ1) is 10.2. The third kappa shape index (κ3) is 5.30. The summed E-state index contributed by atoms with van der Waals surface area (Å²) in [5, 5.41) is 0.560. The molecule has 0 atom stereocenters. The Bertz CT molecular complexity index is 460. The average molecular weight is 313 g/mol. The lowest BCUT2D eigenvalue weighted by atomic mass is 10.2. The second-order valence-corrected chi connectivity index (χ2v) is 6.25. The van der Waals surface area contributed by atoms with E-state index in [2.05, 4.69) is 7.05 Å². The van der Waals surface area contributed by atoms with E-state index in [1.54, 1.807) is 28.0 Å². The molecule has 1 aromatic rings. The summed E-state index contributed by atoms with van der Waals surface area (Å²) < 4.78 is 5.69. The van der Waals surface area contributed by atoms with E-state index in [4.69, 9.17) is 16.3 Å². The number of aldehydes is 1. The molecule has 2 N–H and O–H groups in total. The lowest BCUT2D eigenvalue weighted by Gasteiger charge is -2.27. The fraction of sp³-hybridized carbons (Fsp3) is 0.562. The maximum Gasteiger partial charge on any atom is 0.153 e. The van der Waals surface area contributed by atoms with E-state index < -0.39 is 0 Å². The average Bonchev–Trinajstić information content (AvgIpc) is 2.50. The number of carbonyl (C=O) groups excluding carboxylic acids is 1. The third-order valence-corrected chi connectivity index (χ3v) is 4.33. The summed E-state index contributed by atoms with van der Waals surface area (Å²) in [5.41, 5.74) is 0.523. The zero-order valence-corrected chi connectivity index (χ0v) is 13.4. The number of benzene rings is 1. The molecule has 1 fully saturated rings. The molecule has 1 heterocycles. The number of ether oxygens (including phenoxy) is 1. The number of hydrogen-bond donors (Lipinski definition) is 2. The number of rotatable bonds is 7. The van der Waals surface area contributed by atoms with Gasteiger partial charge in [0.25, 0.3) is 0 Å². The van der Waals surface area contributed by atoms with Gasteiger partial charge in [-0.3, -0.25) is 4.79 Å². The molecule has 1 saturated heterocycles. The molecule has 1 aromatic carbocycles. The van der Waals surface area contributed by atoms with Crippen molar-refractivity contribution in [2.24, 2.45) is 0 Å². The van der Waals surface area contributed by atoms with Gasteiger partial charge in [0.1, 0.15) is 31.9 Å². The lowest BCUT2D eigenvalue weighted by molar-refractivity contribution is -1.00. The highest BCUT2D eigenvalue weighted by Gasteiger charge is 2.18. The molecule has 4 nitrogen and oxygen atoms in total. The fourth-order valence-electron chi connectivity index (χ4n) is 2.68. The first kappa shape index (κ1) is 16.3. The molecule has 0 amide bonds. The Morgan fingerprint density at radius 2 is 2.00 bits per heavy atom. The van der Waals surface area contributed by atoms with E-state index in [9.17, 15) is 4.79 Å². The van der Waals surface area contributed by atoms with Crippen LogP contribution in [0.1, 0.15) is 23.2 Å². The van der Waals surface area contributed by atoms with Gasteiger partial charge in [-0.25, -0.2) is 0 Å². The quantitative estimate of drug-likeness (QED) is 0.537. The van der Waals surface area contributed by atoms with Crippen LogP contribution in [0.25, 0.3) is 0 Å². The molecule has 0 aliphatic carbocycles. The van der Waals surface area contributed by atoms with Gasteiger partial charge in [-0.2, -0.15) is 0 Å². The highest BCUT2D eigenvalue weighted by molar-refractivity contribution is 6.30. The highest BCUT2D eigenvalue weighted by atomic mass is 35.5. The molecule has 0 aromatic heterocycles. The zero-order valence-electron chi connectivity index (χ0n) is 12.7. The van der Waals surface area contributed by atoms with Gasteiger partial charge in [0, 0.05) is 5.02 Å². The number of carbonyl (C=O) groups is 1. The van der Waals surface area contributed by atoms with Crippen LogP contribution in [-0.2, 0) is 0 Å². The van der Waals surface area contributed by atoms with Gasteiger partial charge < -0.3 is 14.5 Å². The molecule has 0 saturated carbocycles. The van der Waals surface area contributed by atoms with Crippen molar-refractivity contribution in [3.63, 3.8) is 0 Å². The van der Waals surface area contributed by atoms with E-state index in [0.717, 1.165) is 12.7 Å². The molecule has 0 spiro atoms. The van der Waals surface area contributed by atoms with Crippen LogP contribution in [0.3, 0.4) is 0 Å². The van der Waals surface area contributed by atoms with Gasteiger partial charge in [-0.15, -0.1) is 0 Å². The number of likely N-dealkylation sites (N-methyl/N-ethyl adjacent to an activating group) is 1. The van der Waals surface area contributed by atoms with Gasteiger partial charge >= 0.3 is 0 Å². The second-order valence-electron chi connectivity index (χ2n) is 5.81. The first-order valence-corrected chi connectivity index (χ1v) is 8.09. The van der Waals surface area contributed by atoms with Crippen molar-refractivity contribution in [3.8, 4) is 5.75 Å². The molecule has 1 aliphatic rings. The number of quaternary nitrogens is 2. The molecule has 21 heavy (non-hydrogen) atoms. The Morgan fingerprint density at radius 1 is 1.24 bits per heavy atom. The van der Waals surface area contributed by atoms with Crippen molar-refractivity contribution in [2.45, 2.75) is 12.8 Å². The number of hydrogen-bond acceptors (Lipinski definition) is 2. The minimum Gasteiger partial charge on any atom is -0.493 e. The van der Waals surface area contributed by atoms with Crippen molar-refractivity contribution < 1.29 is 19.3 Å². The van der Waals surface area contributed by atoms with Crippen LogP contribution >= 0.6 is 11.6 Å². The normalized spacial score (nSPS) is 22.0. The summed E-state index contributed by atoms with van der Waals surface area (Å²) >= 11 is 5.86. The van der Waals surface area contributed by atoms with E-state index in [1.165, 1.54) is 39.1 Å². The fourth-order valence-corrected chi connectivity index (χ4v) is 2.86. The lowest BCUT2D eigenvalue weighted by Crippen LogP contribution is -3.27.